The Morgan fingerprint density at radius 1 is 1.25 bits per heavy atom. The Morgan fingerprint density at radius 3 is 1.92 bits per heavy atom. The highest BCUT2D eigenvalue weighted by Crippen LogP contribution is 2.13. The largest absolute Gasteiger partial charge is 0.366 e. The van der Waals surface area contributed by atoms with E-state index in [9.17, 15) is 4.79 Å². The molecule has 0 unspecified atom stereocenters. The van der Waals surface area contributed by atoms with Crippen molar-refractivity contribution in [2.75, 3.05) is 0 Å². The summed E-state index contributed by atoms with van der Waals surface area (Å²) >= 11 is 0. The Hall–Kier alpha value is -0.573. The molecular formula is C9H19NOSi. The number of primary amides is 1. The van der Waals surface area contributed by atoms with Crippen LogP contribution in [0.25, 0.3) is 0 Å². The van der Waals surface area contributed by atoms with Gasteiger partial charge in [-0.3, -0.25) is 4.79 Å². The molecule has 70 valence electrons. The summed E-state index contributed by atoms with van der Waals surface area (Å²) in [5.41, 5.74) is 6.00. The maximum absolute atomic E-state index is 10.9. The highest BCUT2D eigenvalue weighted by molar-refractivity contribution is 6.67. The standard InChI is InChI=1S/C9H19NOSi/c1-5-12(6-2)8(4)7(3)9(10)11/h12H,5-6H2,1-4H3,(H2,10,11)/b8-7-. The molecule has 0 aromatic rings. The summed E-state index contributed by atoms with van der Waals surface area (Å²) in [5, 5.41) is 1.28. The van der Waals surface area contributed by atoms with Crippen LogP contribution < -0.4 is 5.73 Å². The van der Waals surface area contributed by atoms with Crippen LogP contribution in [0.5, 0.6) is 0 Å². The highest BCUT2D eigenvalue weighted by Gasteiger charge is 2.12. The van der Waals surface area contributed by atoms with Crippen molar-refractivity contribution in [1.29, 1.82) is 0 Å². The van der Waals surface area contributed by atoms with E-state index in [1.807, 2.05) is 6.92 Å². The van der Waals surface area contributed by atoms with Crippen molar-refractivity contribution in [2.45, 2.75) is 39.8 Å². The molecule has 0 heterocycles. The summed E-state index contributed by atoms with van der Waals surface area (Å²) in [6.07, 6.45) is 0. The minimum absolute atomic E-state index is 0.257. The zero-order chi connectivity index (χ0) is 9.72. The Balaban J connectivity index is 4.62. The monoisotopic (exact) mass is 185 g/mol. The summed E-state index contributed by atoms with van der Waals surface area (Å²) in [7, 11) is -0.821. The Bertz CT molecular complexity index is 195. The van der Waals surface area contributed by atoms with Gasteiger partial charge >= 0.3 is 0 Å². The molecule has 0 saturated heterocycles. The molecule has 0 rings (SSSR count). The molecule has 1 amide bonds. The van der Waals surface area contributed by atoms with Gasteiger partial charge in [0.05, 0.1) is 8.80 Å². The van der Waals surface area contributed by atoms with Crippen LogP contribution in [-0.4, -0.2) is 14.7 Å². The van der Waals surface area contributed by atoms with Crippen molar-refractivity contribution in [3.05, 3.63) is 10.8 Å². The van der Waals surface area contributed by atoms with Crippen LogP contribution in [0.3, 0.4) is 0 Å². The number of hydrogen-bond acceptors (Lipinski definition) is 1. The fourth-order valence-corrected chi connectivity index (χ4v) is 3.96. The highest BCUT2D eigenvalue weighted by atomic mass is 28.3. The zero-order valence-electron chi connectivity index (χ0n) is 8.48. The Kier molecular flexibility index (Phi) is 4.89. The molecule has 0 aliphatic rings. The third-order valence-electron chi connectivity index (χ3n) is 2.56. The van der Waals surface area contributed by atoms with E-state index >= 15 is 0 Å². The quantitative estimate of drug-likeness (QED) is 0.525. The van der Waals surface area contributed by atoms with Crippen LogP contribution in [0, 0.1) is 0 Å². The second-order valence-corrected chi connectivity index (χ2v) is 7.08. The van der Waals surface area contributed by atoms with Crippen molar-refractivity contribution in [1.82, 2.24) is 0 Å². The summed E-state index contributed by atoms with van der Waals surface area (Å²) < 4.78 is 0. The molecule has 2 nitrogen and oxygen atoms in total. The molecule has 0 aromatic heterocycles. The van der Waals surface area contributed by atoms with Crippen LogP contribution in [-0.2, 0) is 4.79 Å². The number of nitrogens with two attached hydrogens (primary N) is 1. The maximum Gasteiger partial charge on any atom is 0.243 e. The lowest BCUT2D eigenvalue weighted by Gasteiger charge is -2.13. The molecule has 12 heavy (non-hydrogen) atoms. The average Bonchev–Trinajstić information content (AvgIpc) is 2.05. The second kappa shape index (κ2) is 5.14. The van der Waals surface area contributed by atoms with Gasteiger partial charge in [0.15, 0.2) is 0 Å². The molecular weight excluding hydrogens is 166 g/mol. The van der Waals surface area contributed by atoms with Crippen LogP contribution in [0.4, 0.5) is 0 Å². The topological polar surface area (TPSA) is 43.1 Å². The average molecular weight is 185 g/mol. The van der Waals surface area contributed by atoms with Gasteiger partial charge in [-0.25, -0.2) is 0 Å². The minimum atomic E-state index is -0.821. The lowest BCUT2D eigenvalue weighted by molar-refractivity contribution is -0.114. The van der Waals surface area contributed by atoms with Crippen molar-refractivity contribution in [2.24, 2.45) is 5.73 Å². The van der Waals surface area contributed by atoms with Gasteiger partial charge in [-0.15, -0.1) is 0 Å². The van der Waals surface area contributed by atoms with E-state index in [4.69, 9.17) is 5.73 Å². The molecule has 0 aromatic carbocycles. The van der Waals surface area contributed by atoms with Gasteiger partial charge in [-0.1, -0.05) is 31.1 Å². The van der Waals surface area contributed by atoms with Gasteiger partial charge in [0.2, 0.25) is 5.91 Å². The van der Waals surface area contributed by atoms with Crippen molar-refractivity contribution in [3.8, 4) is 0 Å². The smallest absolute Gasteiger partial charge is 0.243 e. The number of carbonyl (C=O) groups excluding carboxylic acids is 1. The predicted molar refractivity (Wildman–Crippen MR) is 55.7 cm³/mol. The Morgan fingerprint density at radius 2 is 1.67 bits per heavy atom. The molecule has 0 radical (unpaired) electrons. The normalized spacial score (nSPS) is 13.1. The van der Waals surface area contributed by atoms with Crippen LogP contribution in [0.2, 0.25) is 12.1 Å². The van der Waals surface area contributed by atoms with Crippen molar-refractivity contribution in [3.63, 3.8) is 0 Å². The molecule has 2 N–H and O–H groups in total. The fourth-order valence-electron chi connectivity index (χ4n) is 1.40. The SMILES string of the molecule is CC[SiH](CC)/C(C)=C(/C)C(N)=O. The number of amides is 1. The van der Waals surface area contributed by atoms with Crippen molar-refractivity contribution >= 4 is 14.7 Å². The first-order chi connectivity index (χ1) is 5.54. The molecule has 0 fully saturated rings. The molecule has 3 heteroatoms. The zero-order valence-corrected chi connectivity index (χ0v) is 9.63. The summed E-state index contributed by atoms with van der Waals surface area (Å²) in [6.45, 7) is 8.28. The van der Waals surface area contributed by atoms with E-state index in [0.717, 1.165) is 5.57 Å². The van der Waals surface area contributed by atoms with Crippen molar-refractivity contribution < 1.29 is 4.79 Å². The van der Waals surface area contributed by atoms with Gasteiger partial charge in [0, 0.05) is 5.57 Å². The van der Waals surface area contributed by atoms with E-state index in [1.54, 1.807) is 0 Å². The van der Waals surface area contributed by atoms with Gasteiger partial charge < -0.3 is 5.73 Å². The molecule has 0 atom stereocenters. The summed E-state index contributed by atoms with van der Waals surface area (Å²) in [6, 6.07) is 2.43. The minimum Gasteiger partial charge on any atom is -0.366 e. The van der Waals surface area contributed by atoms with E-state index in [1.165, 1.54) is 17.3 Å². The number of rotatable bonds is 4. The lowest BCUT2D eigenvalue weighted by Crippen LogP contribution is -2.20. The van der Waals surface area contributed by atoms with Crippen LogP contribution in [0.1, 0.15) is 27.7 Å². The first-order valence-corrected chi connectivity index (χ1v) is 6.72. The third-order valence-corrected chi connectivity index (χ3v) is 6.19. The Labute approximate surface area is 76.4 Å². The molecule has 0 aliphatic heterocycles. The summed E-state index contributed by atoms with van der Waals surface area (Å²) in [5.74, 6) is -0.257. The molecule has 0 spiro atoms. The number of hydrogen-bond donors (Lipinski definition) is 1. The van der Waals surface area contributed by atoms with Crippen LogP contribution in [0.15, 0.2) is 10.8 Å². The van der Waals surface area contributed by atoms with Gasteiger partial charge in [-0.2, -0.15) is 0 Å². The first kappa shape index (κ1) is 11.4. The third kappa shape index (κ3) is 2.81. The van der Waals surface area contributed by atoms with E-state index in [0.29, 0.717) is 0 Å². The van der Waals surface area contributed by atoms with Gasteiger partial charge in [0.25, 0.3) is 0 Å². The van der Waals surface area contributed by atoms with E-state index < -0.39 is 8.80 Å². The fraction of sp³-hybridized carbons (Fsp3) is 0.667. The van der Waals surface area contributed by atoms with Crippen LogP contribution >= 0.6 is 0 Å². The maximum atomic E-state index is 10.9. The predicted octanol–water partition coefficient (Wildman–Crippen LogP) is 1.61. The second-order valence-electron chi connectivity index (χ2n) is 3.19. The molecule has 0 bridgehead atoms. The van der Waals surface area contributed by atoms with Gasteiger partial charge in [0.1, 0.15) is 0 Å². The van der Waals surface area contributed by atoms with Gasteiger partial charge in [-0.05, 0) is 13.8 Å². The summed E-state index contributed by atoms with van der Waals surface area (Å²) in [4.78, 5) is 10.9. The number of allylic oxidation sites excluding steroid dienone is 1. The van der Waals surface area contributed by atoms with E-state index in [-0.39, 0.29) is 5.91 Å². The molecule has 0 aliphatic carbocycles. The molecule has 0 saturated carbocycles. The first-order valence-electron chi connectivity index (χ1n) is 4.51. The lowest BCUT2D eigenvalue weighted by atomic mass is 10.3. The number of carbonyl (C=O) groups is 1. The van der Waals surface area contributed by atoms with E-state index in [2.05, 4.69) is 20.8 Å².